The van der Waals surface area contributed by atoms with Crippen molar-refractivity contribution < 1.29 is 14.7 Å². The molecule has 2 aromatic rings. The number of carboxylic acid groups (broad SMARTS) is 1. The van der Waals surface area contributed by atoms with Crippen molar-refractivity contribution in [2.75, 3.05) is 0 Å². The fourth-order valence-electron chi connectivity index (χ4n) is 2.37. The summed E-state index contributed by atoms with van der Waals surface area (Å²) in [7, 11) is 0. The van der Waals surface area contributed by atoms with Gasteiger partial charge in [-0.2, -0.15) is 0 Å². The zero-order valence-corrected chi connectivity index (χ0v) is 13.4. The number of carboxylic acids is 1. The van der Waals surface area contributed by atoms with E-state index in [0.717, 1.165) is 11.1 Å². The highest BCUT2D eigenvalue weighted by Gasteiger charge is 2.27. The SMILES string of the molecule is CC(C)(Cc1ccccc1)C(=O)NCc1ccc(C(=O)O)cc1. The lowest BCUT2D eigenvalue weighted by Gasteiger charge is -2.23. The summed E-state index contributed by atoms with van der Waals surface area (Å²) in [5.41, 5.74) is 1.73. The van der Waals surface area contributed by atoms with Crippen LogP contribution in [-0.4, -0.2) is 17.0 Å². The zero-order chi connectivity index (χ0) is 16.9. The van der Waals surface area contributed by atoms with Crippen molar-refractivity contribution in [2.45, 2.75) is 26.8 Å². The number of rotatable bonds is 6. The van der Waals surface area contributed by atoms with Crippen molar-refractivity contribution in [3.8, 4) is 0 Å². The van der Waals surface area contributed by atoms with Crippen LogP contribution in [0.1, 0.15) is 35.3 Å². The summed E-state index contributed by atoms with van der Waals surface area (Å²) >= 11 is 0. The van der Waals surface area contributed by atoms with Gasteiger partial charge in [0.05, 0.1) is 5.56 Å². The number of carbonyl (C=O) groups is 2. The Bertz CT molecular complexity index is 676. The van der Waals surface area contributed by atoms with E-state index in [0.29, 0.717) is 13.0 Å². The van der Waals surface area contributed by atoms with Crippen LogP contribution in [0.3, 0.4) is 0 Å². The molecule has 1 amide bonds. The Kier molecular flexibility index (Phi) is 5.16. The summed E-state index contributed by atoms with van der Waals surface area (Å²) in [6.07, 6.45) is 0.664. The molecule has 0 unspecified atom stereocenters. The third-order valence-corrected chi connectivity index (χ3v) is 3.76. The first-order valence-electron chi connectivity index (χ1n) is 7.53. The van der Waals surface area contributed by atoms with Crippen LogP contribution in [0.4, 0.5) is 0 Å². The highest BCUT2D eigenvalue weighted by Crippen LogP contribution is 2.22. The largest absolute Gasteiger partial charge is 0.478 e. The van der Waals surface area contributed by atoms with E-state index < -0.39 is 11.4 Å². The molecular weight excluding hydrogens is 290 g/mol. The molecule has 0 fully saturated rings. The van der Waals surface area contributed by atoms with Crippen LogP contribution in [0.5, 0.6) is 0 Å². The molecule has 0 bridgehead atoms. The number of carbonyl (C=O) groups excluding carboxylic acids is 1. The van der Waals surface area contributed by atoms with Gasteiger partial charge in [-0.25, -0.2) is 4.79 Å². The molecule has 0 saturated heterocycles. The number of nitrogens with one attached hydrogen (secondary N) is 1. The van der Waals surface area contributed by atoms with Crippen LogP contribution in [-0.2, 0) is 17.8 Å². The Morgan fingerprint density at radius 2 is 1.57 bits per heavy atom. The van der Waals surface area contributed by atoms with Crippen LogP contribution < -0.4 is 5.32 Å². The lowest BCUT2D eigenvalue weighted by atomic mass is 9.85. The van der Waals surface area contributed by atoms with Gasteiger partial charge in [-0.3, -0.25) is 4.79 Å². The lowest BCUT2D eigenvalue weighted by Crippen LogP contribution is -2.38. The van der Waals surface area contributed by atoms with E-state index in [9.17, 15) is 9.59 Å². The Labute approximate surface area is 136 Å². The summed E-state index contributed by atoms with van der Waals surface area (Å²) in [5, 5.41) is 11.8. The second-order valence-electron chi connectivity index (χ2n) is 6.23. The summed E-state index contributed by atoms with van der Waals surface area (Å²) in [6, 6.07) is 16.4. The smallest absolute Gasteiger partial charge is 0.335 e. The summed E-state index contributed by atoms with van der Waals surface area (Å²) in [5.74, 6) is -0.978. The van der Waals surface area contributed by atoms with Crippen LogP contribution in [0.15, 0.2) is 54.6 Å². The predicted molar refractivity (Wildman–Crippen MR) is 89.2 cm³/mol. The lowest BCUT2D eigenvalue weighted by molar-refractivity contribution is -0.129. The van der Waals surface area contributed by atoms with Crippen molar-refractivity contribution in [3.05, 3.63) is 71.3 Å². The first kappa shape index (κ1) is 16.7. The van der Waals surface area contributed by atoms with Gasteiger partial charge in [0.2, 0.25) is 5.91 Å². The summed E-state index contributed by atoms with van der Waals surface area (Å²) < 4.78 is 0. The van der Waals surface area contributed by atoms with Crippen molar-refractivity contribution in [2.24, 2.45) is 5.41 Å². The Hall–Kier alpha value is -2.62. The number of amides is 1. The first-order chi connectivity index (χ1) is 10.9. The van der Waals surface area contributed by atoms with E-state index in [1.165, 1.54) is 0 Å². The van der Waals surface area contributed by atoms with E-state index in [4.69, 9.17) is 5.11 Å². The Morgan fingerprint density at radius 1 is 0.957 bits per heavy atom. The van der Waals surface area contributed by atoms with Gasteiger partial charge < -0.3 is 10.4 Å². The first-order valence-corrected chi connectivity index (χ1v) is 7.53. The minimum absolute atomic E-state index is 0.0244. The quantitative estimate of drug-likeness (QED) is 0.860. The van der Waals surface area contributed by atoms with Crippen LogP contribution in [0.2, 0.25) is 0 Å². The average molecular weight is 311 g/mol. The van der Waals surface area contributed by atoms with Crippen LogP contribution in [0.25, 0.3) is 0 Å². The van der Waals surface area contributed by atoms with E-state index in [1.54, 1.807) is 24.3 Å². The number of aromatic carboxylic acids is 1. The molecule has 0 saturated carbocycles. The van der Waals surface area contributed by atoms with Crippen molar-refractivity contribution in [1.82, 2.24) is 5.32 Å². The molecule has 0 radical (unpaired) electrons. The highest BCUT2D eigenvalue weighted by atomic mass is 16.4. The second kappa shape index (κ2) is 7.09. The fraction of sp³-hybridized carbons (Fsp3) is 0.263. The molecular formula is C19H21NO3. The van der Waals surface area contributed by atoms with Gasteiger partial charge in [-0.15, -0.1) is 0 Å². The average Bonchev–Trinajstić information content (AvgIpc) is 2.53. The Morgan fingerprint density at radius 3 is 2.13 bits per heavy atom. The van der Waals surface area contributed by atoms with E-state index in [-0.39, 0.29) is 11.5 Å². The predicted octanol–water partition coefficient (Wildman–Crippen LogP) is 3.27. The van der Waals surface area contributed by atoms with Gasteiger partial charge in [0, 0.05) is 12.0 Å². The van der Waals surface area contributed by atoms with Gasteiger partial charge >= 0.3 is 5.97 Å². The van der Waals surface area contributed by atoms with Crippen LogP contribution >= 0.6 is 0 Å². The molecule has 2 rings (SSSR count). The van der Waals surface area contributed by atoms with Gasteiger partial charge in [-0.05, 0) is 29.7 Å². The molecule has 0 aliphatic carbocycles. The van der Waals surface area contributed by atoms with E-state index >= 15 is 0 Å². The van der Waals surface area contributed by atoms with Crippen molar-refractivity contribution in [3.63, 3.8) is 0 Å². The normalized spacial score (nSPS) is 11.0. The third kappa shape index (κ3) is 4.68. The molecule has 0 heterocycles. The standard InChI is InChI=1S/C19H21NO3/c1-19(2,12-14-6-4-3-5-7-14)18(23)20-13-15-8-10-16(11-9-15)17(21)22/h3-11H,12-13H2,1-2H3,(H,20,23)(H,21,22). The van der Waals surface area contributed by atoms with Crippen molar-refractivity contribution >= 4 is 11.9 Å². The number of hydrogen-bond acceptors (Lipinski definition) is 2. The molecule has 4 nitrogen and oxygen atoms in total. The maximum atomic E-state index is 12.4. The summed E-state index contributed by atoms with van der Waals surface area (Å²) in [6.45, 7) is 4.22. The van der Waals surface area contributed by atoms with Gasteiger partial charge in [0.15, 0.2) is 0 Å². The highest BCUT2D eigenvalue weighted by molar-refractivity contribution is 5.87. The monoisotopic (exact) mass is 311 g/mol. The molecule has 4 heteroatoms. The van der Waals surface area contributed by atoms with E-state index in [2.05, 4.69) is 5.32 Å². The molecule has 0 aliphatic heterocycles. The molecule has 2 aromatic carbocycles. The minimum Gasteiger partial charge on any atom is -0.478 e. The zero-order valence-electron chi connectivity index (χ0n) is 13.4. The summed E-state index contributed by atoms with van der Waals surface area (Å²) in [4.78, 5) is 23.2. The topological polar surface area (TPSA) is 66.4 Å². The number of hydrogen-bond donors (Lipinski definition) is 2. The number of benzene rings is 2. The minimum atomic E-state index is -0.954. The van der Waals surface area contributed by atoms with Crippen molar-refractivity contribution in [1.29, 1.82) is 0 Å². The maximum Gasteiger partial charge on any atom is 0.335 e. The van der Waals surface area contributed by atoms with E-state index in [1.807, 2.05) is 44.2 Å². The molecule has 2 N–H and O–H groups in total. The van der Waals surface area contributed by atoms with Crippen LogP contribution in [0, 0.1) is 5.41 Å². The van der Waals surface area contributed by atoms with Gasteiger partial charge in [0.1, 0.15) is 0 Å². The molecule has 0 atom stereocenters. The maximum absolute atomic E-state index is 12.4. The third-order valence-electron chi connectivity index (χ3n) is 3.76. The van der Waals surface area contributed by atoms with Gasteiger partial charge in [0.25, 0.3) is 0 Å². The molecule has 120 valence electrons. The fourth-order valence-corrected chi connectivity index (χ4v) is 2.37. The molecule has 23 heavy (non-hydrogen) atoms. The Balaban J connectivity index is 1.94. The van der Waals surface area contributed by atoms with Gasteiger partial charge in [-0.1, -0.05) is 56.3 Å². The second-order valence-corrected chi connectivity index (χ2v) is 6.23. The molecule has 0 spiro atoms. The molecule has 0 aromatic heterocycles. The molecule has 0 aliphatic rings.